The third-order valence-corrected chi connectivity index (χ3v) is 4.67. The molecule has 0 aliphatic rings. The average Bonchev–Trinajstić information content (AvgIpc) is 2.69. The molecule has 0 fully saturated rings. The summed E-state index contributed by atoms with van der Waals surface area (Å²) in [5.41, 5.74) is 8.91. The van der Waals surface area contributed by atoms with Gasteiger partial charge in [0.25, 0.3) is 0 Å². The molecule has 0 heterocycles. The zero-order valence-electron chi connectivity index (χ0n) is 14.3. The van der Waals surface area contributed by atoms with Crippen LogP contribution in [0.15, 0.2) is 103 Å². The molecular formula is C25H20. The minimum absolute atomic E-state index is 1.25. The highest BCUT2D eigenvalue weighted by Crippen LogP contribution is 2.34. The van der Waals surface area contributed by atoms with Crippen LogP contribution in [0.25, 0.3) is 33.4 Å². The highest BCUT2D eigenvalue weighted by atomic mass is 14.1. The van der Waals surface area contributed by atoms with E-state index in [1.165, 1.54) is 38.9 Å². The van der Waals surface area contributed by atoms with Gasteiger partial charge in [-0.15, -0.1) is 0 Å². The molecule has 120 valence electrons. The van der Waals surface area contributed by atoms with Crippen molar-refractivity contribution in [2.75, 3.05) is 0 Å². The van der Waals surface area contributed by atoms with Gasteiger partial charge >= 0.3 is 0 Å². The Balaban J connectivity index is 1.78. The second-order valence-corrected chi connectivity index (χ2v) is 6.30. The Morgan fingerprint density at radius 2 is 0.840 bits per heavy atom. The van der Waals surface area contributed by atoms with Gasteiger partial charge in [0.2, 0.25) is 0 Å². The van der Waals surface area contributed by atoms with Crippen LogP contribution in [0.1, 0.15) is 5.56 Å². The van der Waals surface area contributed by atoms with Gasteiger partial charge in [-0.3, -0.25) is 0 Å². The molecule has 4 rings (SSSR count). The Kier molecular flexibility index (Phi) is 4.18. The van der Waals surface area contributed by atoms with E-state index in [-0.39, 0.29) is 0 Å². The van der Waals surface area contributed by atoms with Crippen LogP contribution >= 0.6 is 0 Å². The van der Waals surface area contributed by atoms with E-state index < -0.39 is 0 Å². The number of hydrogen-bond acceptors (Lipinski definition) is 0. The minimum Gasteiger partial charge on any atom is -0.0622 e. The maximum atomic E-state index is 2.22. The molecule has 0 nitrogen and oxygen atoms in total. The molecule has 0 atom stereocenters. The number of hydrogen-bond donors (Lipinski definition) is 0. The van der Waals surface area contributed by atoms with Crippen LogP contribution < -0.4 is 0 Å². The molecule has 0 amide bonds. The Hall–Kier alpha value is -3.12. The van der Waals surface area contributed by atoms with Crippen LogP contribution in [0.5, 0.6) is 0 Å². The van der Waals surface area contributed by atoms with E-state index >= 15 is 0 Å². The van der Waals surface area contributed by atoms with Crippen LogP contribution in [0.4, 0.5) is 0 Å². The van der Waals surface area contributed by atoms with Crippen molar-refractivity contribution in [3.63, 3.8) is 0 Å². The van der Waals surface area contributed by atoms with Crippen molar-refractivity contribution in [2.45, 2.75) is 6.92 Å². The van der Waals surface area contributed by atoms with E-state index in [2.05, 4.69) is 110 Å². The molecule has 0 saturated carbocycles. The van der Waals surface area contributed by atoms with Gasteiger partial charge < -0.3 is 0 Å². The fraction of sp³-hybridized carbons (Fsp3) is 0.0400. The first-order valence-corrected chi connectivity index (χ1v) is 8.64. The molecule has 0 aliphatic carbocycles. The number of rotatable bonds is 3. The van der Waals surface area contributed by atoms with Crippen LogP contribution in [0.3, 0.4) is 0 Å². The standard InChI is InChI=1S/C25H20/c1-19-9-5-6-12-23(19)25-14-8-7-13-24(25)22-17-15-21(16-18-22)20-10-3-2-4-11-20/h2-18H,1H3. The second kappa shape index (κ2) is 6.78. The lowest BCUT2D eigenvalue weighted by Gasteiger charge is -2.13. The van der Waals surface area contributed by atoms with Crippen molar-refractivity contribution in [3.8, 4) is 33.4 Å². The lowest BCUT2D eigenvalue weighted by atomic mass is 9.91. The molecule has 0 radical (unpaired) electrons. The van der Waals surface area contributed by atoms with E-state index in [0.717, 1.165) is 0 Å². The SMILES string of the molecule is Cc1ccccc1-c1ccccc1-c1ccc(-c2ccccc2)cc1. The third-order valence-electron chi connectivity index (χ3n) is 4.67. The van der Waals surface area contributed by atoms with Crippen molar-refractivity contribution in [1.82, 2.24) is 0 Å². The largest absolute Gasteiger partial charge is 0.0622 e. The zero-order valence-corrected chi connectivity index (χ0v) is 14.3. The summed E-state index contributed by atoms with van der Waals surface area (Å²) in [4.78, 5) is 0. The van der Waals surface area contributed by atoms with Gasteiger partial charge in [0.1, 0.15) is 0 Å². The van der Waals surface area contributed by atoms with E-state index in [1.54, 1.807) is 0 Å². The molecule has 25 heavy (non-hydrogen) atoms. The van der Waals surface area contributed by atoms with Gasteiger partial charge in [0.15, 0.2) is 0 Å². The third kappa shape index (κ3) is 3.12. The summed E-state index contributed by atoms with van der Waals surface area (Å²) in [6, 6.07) is 36.6. The molecule has 0 saturated heterocycles. The maximum absolute atomic E-state index is 2.22. The minimum atomic E-state index is 1.25. The van der Waals surface area contributed by atoms with E-state index in [1.807, 2.05) is 0 Å². The molecule has 0 spiro atoms. The Morgan fingerprint density at radius 1 is 0.360 bits per heavy atom. The van der Waals surface area contributed by atoms with Gasteiger partial charge in [0.05, 0.1) is 0 Å². The molecule has 0 heteroatoms. The highest BCUT2D eigenvalue weighted by molar-refractivity contribution is 5.85. The molecule has 0 aliphatic heterocycles. The summed E-state index contributed by atoms with van der Waals surface area (Å²) < 4.78 is 0. The van der Waals surface area contributed by atoms with Crippen LogP contribution in [0, 0.1) is 6.92 Å². The maximum Gasteiger partial charge on any atom is -0.0103 e. The normalized spacial score (nSPS) is 10.6. The smallest absolute Gasteiger partial charge is 0.0103 e. The average molecular weight is 320 g/mol. The van der Waals surface area contributed by atoms with Crippen LogP contribution in [-0.4, -0.2) is 0 Å². The van der Waals surface area contributed by atoms with Gasteiger partial charge in [-0.25, -0.2) is 0 Å². The molecule has 0 unspecified atom stereocenters. The summed E-state index contributed by atoms with van der Waals surface area (Å²) in [6.07, 6.45) is 0. The molecule has 0 N–H and O–H groups in total. The Morgan fingerprint density at radius 3 is 1.52 bits per heavy atom. The summed E-state index contributed by atoms with van der Waals surface area (Å²) in [7, 11) is 0. The summed E-state index contributed by atoms with van der Waals surface area (Å²) in [5, 5.41) is 0. The quantitative estimate of drug-likeness (QED) is 0.381. The molecule has 0 bridgehead atoms. The Labute approximate surface area is 149 Å². The van der Waals surface area contributed by atoms with Crippen molar-refractivity contribution in [1.29, 1.82) is 0 Å². The summed E-state index contributed by atoms with van der Waals surface area (Å²) in [5.74, 6) is 0. The first-order valence-electron chi connectivity index (χ1n) is 8.64. The van der Waals surface area contributed by atoms with Crippen LogP contribution in [0.2, 0.25) is 0 Å². The van der Waals surface area contributed by atoms with Crippen LogP contribution in [-0.2, 0) is 0 Å². The highest BCUT2D eigenvalue weighted by Gasteiger charge is 2.09. The van der Waals surface area contributed by atoms with E-state index in [0.29, 0.717) is 0 Å². The molecule has 0 aromatic heterocycles. The number of aryl methyl sites for hydroxylation is 1. The fourth-order valence-corrected chi connectivity index (χ4v) is 3.32. The predicted octanol–water partition coefficient (Wildman–Crippen LogP) is 7.00. The Bertz CT molecular complexity index is 980. The zero-order chi connectivity index (χ0) is 17.1. The van der Waals surface area contributed by atoms with Gasteiger partial charge in [-0.2, -0.15) is 0 Å². The van der Waals surface area contributed by atoms with Gasteiger partial charge in [-0.1, -0.05) is 103 Å². The van der Waals surface area contributed by atoms with E-state index in [4.69, 9.17) is 0 Å². The molecule has 4 aromatic rings. The molecular weight excluding hydrogens is 300 g/mol. The first-order chi connectivity index (χ1) is 12.3. The lowest BCUT2D eigenvalue weighted by molar-refractivity contribution is 1.45. The van der Waals surface area contributed by atoms with E-state index in [9.17, 15) is 0 Å². The van der Waals surface area contributed by atoms with Gasteiger partial charge in [0, 0.05) is 0 Å². The number of benzene rings is 4. The van der Waals surface area contributed by atoms with Crippen molar-refractivity contribution in [2.24, 2.45) is 0 Å². The predicted molar refractivity (Wildman–Crippen MR) is 107 cm³/mol. The van der Waals surface area contributed by atoms with Crippen molar-refractivity contribution < 1.29 is 0 Å². The summed E-state index contributed by atoms with van der Waals surface area (Å²) >= 11 is 0. The second-order valence-electron chi connectivity index (χ2n) is 6.30. The van der Waals surface area contributed by atoms with Gasteiger partial charge in [-0.05, 0) is 45.9 Å². The first kappa shape index (κ1) is 15.4. The molecule has 4 aromatic carbocycles. The summed E-state index contributed by atoms with van der Waals surface area (Å²) in [6.45, 7) is 2.17. The monoisotopic (exact) mass is 320 g/mol. The van der Waals surface area contributed by atoms with Crippen molar-refractivity contribution in [3.05, 3.63) is 109 Å². The lowest BCUT2D eigenvalue weighted by Crippen LogP contribution is -1.88. The fourth-order valence-electron chi connectivity index (χ4n) is 3.32. The topological polar surface area (TPSA) is 0 Å². The van der Waals surface area contributed by atoms with Crippen molar-refractivity contribution >= 4 is 0 Å².